The first-order chi connectivity index (χ1) is 11.0. The molecule has 4 nitrogen and oxygen atoms in total. The van der Waals surface area contributed by atoms with Crippen LogP contribution in [0.25, 0.3) is 0 Å². The van der Waals surface area contributed by atoms with Crippen LogP contribution < -0.4 is 5.32 Å². The molecule has 4 heteroatoms. The summed E-state index contributed by atoms with van der Waals surface area (Å²) in [5.74, 6) is -1.11. The molecule has 0 spiro atoms. The Hall–Kier alpha value is -2.62. The summed E-state index contributed by atoms with van der Waals surface area (Å²) < 4.78 is 0. The number of nitrogens with one attached hydrogen (secondary N) is 1. The van der Waals surface area contributed by atoms with Gasteiger partial charge in [-0.1, -0.05) is 48.5 Å². The second-order valence-corrected chi connectivity index (χ2v) is 5.53. The van der Waals surface area contributed by atoms with Crippen molar-refractivity contribution in [1.29, 1.82) is 0 Å². The molecule has 0 aromatic heterocycles. The van der Waals surface area contributed by atoms with E-state index in [1.807, 2.05) is 69.3 Å². The van der Waals surface area contributed by atoms with Crippen LogP contribution in [0.15, 0.2) is 48.5 Å². The van der Waals surface area contributed by atoms with Gasteiger partial charge in [-0.15, -0.1) is 0 Å². The Morgan fingerprint density at radius 3 is 2.13 bits per heavy atom. The molecular weight excluding hydrogens is 288 g/mol. The van der Waals surface area contributed by atoms with Crippen molar-refractivity contribution in [2.75, 3.05) is 11.9 Å². The van der Waals surface area contributed by atoms with E-state index in [1.54, 1.807) is 0 Å². The van der Waals surface area contributed by atoms with Crippen molar-refractivity contribution in [3.63, 3.8) is 0 Å². The summed E-state index contributed by atoms with van der Waals surface area (Å²) >= 11 is 0. The summed E-state index contributed by atoms with van der Waals surface area (Å²) in [6.45, 7) is 6.60. The minimum absolute atomic E-state index is 0.427. The van der Waals surface area contributed by atoms with Crippen molar-refractivity contribution in [2.45, 2.75) is 27.3 Å². The molecule has 23 heavy (non-hydrogen) atoms. The number of amides is 2. The summed E-state index contributed by atoms with van der Waals surface area (Å²) in [6.07, 6.45) is 0. The third-order valence-electron chi connectivity index (χ3n) is 3.80. The van der Waals surface area contributed by atoms with Gasteiger partial charge in [0.05, 0.1) is 0 Å². The zero-order chi connectivity index (χ0) is 16.8. The number of benzene rings is 2. The van der Waals surface area contributed by atoms with Gasteiger partial charge in [0, 0.05) is 18.8 Å². The Bertz CT molecular complexity index is 676. The van der Waals surface area contributed by atoms with E-state index in [0.29, 0.717) is 18.8 Å². The van der Waals surface area contributed by atoms with Crippen LogP contribution in [0.2, 0.25) is 0 Å². The van der Waals surface area contributed by atoms with E-state index >= 15 is 0 Å². The largest absolute Gasteiger partial charge is 0.330 e. The van der Waals surface area contributed by atoms with Crippen LogP contribution >= 0.6 is 0 Å². The number of aryl methyl sites for hydroxylation is 2. The van der Waals surface area contributed by atoms with E-state index in [9.17, 15) is 9.59 Å². The normalized spacial score (nSPS) is 10.2. The van der Waals surface area contributed by atoms with E-state index < -0.39 is 11.8 Å². The molecule has 0 fully saturated rings. The number of rotatable bonds is 4. The standard InChI is InChI=1S/C19H22N2O2/c1-4-21(13-16-11-6-5-7-12-16)19(23)18(22)20-17-14(2)9-8-10-15(17)3/h5-12H,4,13H2,1-3H3,(H,20,22). The third-order valence-corrected chi connectivity index (χ3v) is 3.80. The number of hydrogen-bond acceptors (Lipinski definition) is 2. The van der Waals surface area contributed by atoms with E-state index in [2.05, 4.69) is 5.32 Å². The summed E-state index contributed by atoms with van der Waals surface area (Å²) in [4.78, 5) is 26.3. The summed E-state index contributed by atoms with van der Waals surface area (Å²) in [5, 5.41) is 2.75. The van der Waals surface area contributed by atoms with Crippen LogP contribution in [-0.2, 0) is 16.1 Å². The zero-order valence-corrected chi connectivity index (χ0v) is 13.8. The average Bonchev–Trinajstić information content (AvgIpc) is 2.56. The lowest BCUT2D eigenvalue weighted by Gasteiger charge is -2.21. The first kappa shape index (κ1) is 16.7. The Balaban J connectivity index is 2.10. The fourth-order valence-electron chi connectivity index (χ4n) is 2.45. The van der Waals surface area contributed by atoms with Gasteiger partial charge < -0.3 is 10.2 Å². The molecule has 0 unspecified atom stereocenters. The fourth-order valence-corrected chi connectivity index (χ4v) is 2.45. The van der Waals surface area contributed by atoms with Gasteiger partial charge in [-0.25, -0.2) is 0 Å². The van der Waals surface area contributed by atoms with Crippen LogP contribution in [0, 0.1) is 13.8 Å². The maximum Gasteiger partial charge on any atom is 0.313 e. The zero-order valence-electron chi connectivity index (χ0n) is 13.8. The highest BCUT2D eigenvalue weighted by atomic mass is 16.2. The van der Waals surface area contributed by atoms with Gasteiger partial charge in [0.2, 0.25) is 0 Å². The van der Waals surface area contributed by atoms with Gasteiger partial charge in [-0.3, -0.25) is 9.59 Å². The minimum atomic E-state index is -0.597. The maximum atomic E-state index is 12.4. The lowest BCUT2D eigenvalue weighted by molar-refractivity contribution is -0.143. The van der Waals surface area contributed by atoms with E-state index in [1.165, 1.54) is 4.90 Å². The van der Waals surface area contributed by atoms with Crippen molar-refractivity contribution < 1.29 is 9.59 Å². The Labute approximate surface area is 137 Å². The number of carbonyl (C=O) groups excluding carboxylic acids is 2. The molecule has 0 saturated carbocycles. The number of carbonyl (C=O) groups is 2. The molecule has 0 saturated heterocycles. The number of likely N-dealkylation sites (N-methyl/N-ethyl adjacent to an activating group) is 1. The molecule has 1 N–H and O–H groups in total. The first-order valence-electron chi connectivity index (χ1n) is 7.73. The number of anilines is 1. The Kier molecular flexibility index (Phi) is 5.52. The molecule has 2 amide bonds. The lowest BCUT2D eigenvalue weighted by atomic mass is 10.1. The molecule has 120 valence electrons. The van der Waals surface area contributed by atoms with Gasteiger partial charge in [0.25, 0.3) is 0 Å². The van der Waals surface area contributed by atoms with Crippen LogP contribution in [-0.4, -0.2) is 23.3 Å². The molecule has 0 aliphatic rings. The molecule has 2 aromatic rings. The summed E-state index contributed by atoms with van der Waals surface area (Å²) in [7, 11) is 0. The van der Waals surface area contributed by atoms with E-state index in [4.69, 9.17) is 0 Å². The van der Waals surface area contributed by atoms with Crippen molar-refractivity contribution in [3.8, 4) is 0 Å². The van der Waals surface area contributed by atoms with Gasteiger partial charge in [0.1, 0.15) is 0 Å². The molecule has 0 bridgehead atoms. The van der Waals surface area contributed by atoms with Crippen LogP contribution in [0.1, 0.15) is 23.6 Å². The van der Waals surface area contributed by atoms with Crippen molar-refractivity contribution in [1.82, 2.24) is 4.90 Å². The first-order valence-corrected chi connectivity index (χ1v) is 7.73. The molecule has 0 aliphatic heterocycles. The average molecular weight is 310 g/mol. The van der Waals surface area contributed by atoms with Crippen molar-refractivity contribution >= 4 is 17.5 Å². The smallest absolute Gasteiger partial charge is 0.313 e. The Morgan fingerprint density at radius 1 is 0.957 bits per heavy atom. The van der Waals surface area contributed by atoms with Gasteiger partial charge >= 0.3 is 11.8 Å². The quantitative estimate of drug-likeness (QED) is 0.881. The summed E-state index contributed by atoms with van der Waals surface area (Å²) in [5.41, 5.74) is 3.60. The molecule has 2 rings (SSSR count). The predicted molar refractivity (Wildman–Crippen MR) is 92.1 cm³/mol. The fraction of sp³-hybridized carbons (Fsp3) is 0.263. The van der Waals surface area contributed by atoms with Crippen LogP contribution in [0.5, 0.6) is 0 Å². The van der Waals surface area contributed by atoms with Crippen LogP contribution in [0.3, 0.4) is 0 Å². The van der Waals surface area contributed by atoms with E-state index in [-0.39, 0.29) is 0 Å². The molecule has 0 radical (unpaired) electrons. The topological polar surface area (TPSA) is 49.4 Å². The molecule has 0 atom stereocenters. The molecule has 0 heterocycles. The van der Waals surface area contributed by atoms with Gasteiger partial charge in [0.15, 0.2) is 0 Å². The number of nitrogens with zero attached hydrogens (tertiary/aromatic N) is 1. The van der Waals surface area contributed by atoms with Crippen molar-refractivity contribution in [3.05, 3.63) is 65.2 Å². The monoisotopic (exact) mass is 310 g/mol. The SMILES string of the molecule is CCN(Cc1ccccc1)C(=O)C(=O)Nc1c(C)cccc1C. The molecule has 0 aliphatic carbocycles. The molecular formula is C19H22N2O2. The van der Waals surface area contributed by atoms with Crippen molar-refractivity contribution in [2.24, 2.45) is 0 Å². The van der Waals surface area contributed by atoms with E-state index in [0.717, 1.165) is 16.7 Å². The highest BCUT2D eigenvalue weighted by Gasteiger charge is 2.21. The number of hydrogen-bond donors (Lipinski definition) is 1. The van der Waals surface area contributed by atoms with Crippen LogP contribution in [0.4, 0.5) is 5.69 Å². The third kappa shape index (κ3) is 4.19. The van der Waals surface area contributed by atoms with Gasteiger partial charge in [-0.2, -0.15) is 0 Å². The highest BCUT2D eigenvalue weighted by molar-refractivity contribution is 6.39. The minimum Gasteiger partial charge on any atom is -0.330 e. The lowest BCUT2D eigenvalue weighted by Crippen LogP contribution is -2.39. The maximum absolute atomic E-state index is 12.4. The summed E-state index contributed by atoms with van der Waals surface area (Å²) in [6, 6.07) is 15.4. The highest BCUT2D eigenvalue weighted by Crippen LogP contribution is 2.19. The molecule has 2 aromatic carbocycles. The number of para-hydroxylation sites is 1. The Morgan fingerprint density at radius 2 is 1.57 bits per heavy atom. The second kappa shape index (κ2) is 7.58. The van der Waals surface area contributed by atoms with Gasteiger partial charge in [-0.05, 0) is 37.5 Å². The predicted octanol–water partition coefficient (Wildman–Crippen LogP) is 3.29. The second-order valence-electron chi connectivity index (χ2n) is 5.53.